The molecule has 0 aromatic heterocycles. The Morgan fingerprint density at radius 3 is 2.10 bits per heavy atom. The van der Waals surface area contributed by atoms with Gasteiger partial charge in [-0.25, -0.2) is 4.79 Å². The van der Waals surface area contributed by atoms with Gasteiger partial charge in [0.2, 0.25) is 11.8 Å². The molecule has 0 heterocycles. The minimum atomic E-state index is -0.842. The third-order valence-corrected chi connectivity index (χ3v) is 6.76. The van der Waals surface area contributed by atoms with Crippen molar-refractivity contribution in [1.29, 1.82) is 0 Å². The second kappa shape index (κ2) is 15.3. The maximum atomic E-state index is 14.2. The Morgan fingerprint density at radius 1 is 0.923 bits per heavy atom. The minimum Gasteiger partial charge on any atom is -0.444 e. The third kappa shape index (κ3) is 10.0. The molecule has 3 amide bonds. The van der Waals surface area contributed by atoms with Crippen molar-refractivity contribution in [1.82, 2.24) is 15.5 Å². The molecule has 0 spiro atoms. The summed E-state index contributed by atoms with van der Waals surface area (Å²) >= 11 is 0. The van der Waals surface area contributed by atoms with Gasteiger partial charge >= 0.3 is 6.09 Å². The molecule has 0 bridgehead atoms. The van der Waals surface area contributed by atoms with Crippen LogP contribution in [0.25, 0.3) is 0 Å². The zero-order valence-electron chi connectivity index (χ0n) is 24.8. The van der Waals surface area contributed by atoms with Gasteiger partial charge in [-0.2, -0.15) is 0 Å². The molecule has 3 atom stereocenters. The van der Waals surface area contributed by atoms with Crippen LogP contribution in [-0.4, -0.2) is 41.0 Å². The highest BCUT2D eigenvalue weighted by Crippen LogP contribution is 2.26. The average Bonchev–Trinajstić information content (AvgIpc) is 2.91. The molecule has 3 unspecified atom stereocenters. The molecule has 0 aliphatic carbocycles. The van der Waals surface area contributed by atoms with Gasteiger partial charge in [-0.3, -0.25) is 9.59 Å². The van der Waals surface area contributed by atoms with E-state index in [0.29, 0.717) is 19.5 Å². The Hall–Kier alpha value is -3.35. The van der Waals surface area contributed by atoms with Crippen molar-refractivity contribution in [3.63, 3.8) is 0 Å². The maximum Gasteiger partial charge on any atom is 0.408 e. The summed E-state index contributed by atoms with van der Waals surface area (Å²) in [6, 6.07) is 15.9. The minimum absolute atomic E-state index is 0.162. The normalized spacial score (nSPS) is 13.6. The summed E-state index contributed by atoms with van der Waals surface area (Å²) < 4.78 is 5.48. The zero-order chi connectivity index (χ0) is 29.0. The Kier molecular flexibility index (Phi) is 12.5. The lowest BCUT2D eigenvalue weighted by atomic mass is 9.95. The van der Waals surface area contributed by atoms with Crippen LogP contribution in [0.5, 0.6) is 0 Å². The van der Waals surface area contributed by atoms with Crippen molar-refractivity contribution in [2.75, 3.05) is 6.54 Å². The van der Waals surface area contributed by atoms with E-state index in [1.54, 1.807) is 25.7 Å². The summed E-state index contributed by atoms with van der Waals surface area (Å²) in [5, 5.41) is 5.87. The highest BCUT2D eigenvalue weighted by molar-refractivity contribution is 5.92. The highest BCUT2D eigenvalue weighted by atomic mass is 16.6. The van der Waals surface area contributed by atoms with Gasteiger partial charge in [-0.15, -0.1) is 0 Å². The fourth-order valence-corrected chi connectivity index (χ4v) is 4.28. The lowest BCUT2D eigenvalue weighted by Gasteiger charge is -2.36. The van der Waals surface area contributed by atoms with Crippen LogP contribution in [0.3, 0.4) is 0 Å². The monoisotopic (exact) mass is 537 g/mol. The molecule has 0 fully saturated rings. The third-order valence-electron chi connectivity index (χ3n) is 6.76. The molecule has 2 rings (SSSR count). The van der Waals surface area contributed by atoms with Crippen LogP contribution in [0.4, 0.5) is 4.79 Å². The van der Waals surface area contributed by atoms with Crippen molar-refractivity contribution in [2.24, 2.45) is 5.92 Å². The van der Waals surface area contributed by atoms with Gasteiger partial charge in [-0.05, 0) is 56.2 Å². The van der Waals surface area contributed by atoms with Crippen LogP contribution in [0.2, 0.25) is 0 Å². The second-order valence-electron chi connectivity index (χ2n) is 11.1. The van der Waals surface area contributed by atoms with Crippen molar-refractivity contribution in [3.05, 3.63) is 71.3 Å². The molecule has 39 heavy (non-hydrogen) atoms. The number of alkyl carbamates (subject to hydrolysis) is 1. The molecule has 7 nitrogen and oxygen atoms in total. The molecule has 2 aromatic carbocycles. The number of aryl methyl sites for hydroxylation is 1. The zero-order valence-corrected chi connectivity index (χ0v) is 24.8. The van der Waals surface area contributed by atoms with E-state index in [0.717, 1.165) is 36.0 Å². The fourth-order valence-electron chi connectivity index (χ4n) is 4.28. The standard InChI is InChI=1S/C32H47N3O4/c1-8-11-21-35(30(37)27(23(4)9-2)34-31(38)39-32(5,6)7)28(26-19-17-24(10-3)18-20-26)29(36)33-22-25-15-13-12-14-16-25/h12-20,23,27-28H,8-11,21-22H2,1-7H3,(H,33,36)(H,34,38). The molecule has 2 aromatic rings. The van der Waals surface area contributed by atoms with Gasteiger partial charge in [0, 0.05) is 13.1 Å². The summed E-state index contributed by atoms with van der Waals surface area (Å²) in [7, 11) is 0. The number of nitrogens with one attached hydrogen (secondary N) is 2. The van der Waals surface area contributed by atoms with Crippen LogP contribution in [0.1, 0.15) is 90.5 Å². The lowest BCUT2D eigenvalue weighted by molar-refractivity contribution is -0.143. The van der Waals surface area contributed by atoms with E-state index in [1.807, 2.05) is 75.4 Å². The van der Waals surface area contributed by atoms with Crippen molar-refractivity contribution in [2.45, 2.75) is 98.4 Å². The first-order chi connectivity index (χ1) is 18.5. The number of carbonyl (C=O) groups is 3. The van der Waals surface area contributed by atoms with E-state index in [9.17, 15) is 14.4 Å². The maximum absolute atomic E-state index is 14.2. The number of nitrogens with zero attached hydrogens (tertiary/aromatic N) is 1. The van der Waals surface area contributed by atoms with E-state index in [1.165, 1.54) is 0 Å². The first-order valence-corrected chi connectivity index (χ1v) is 14.2. The van der Waals surface area contributed by atoms with Gasteiger partial charge in [-0.1, -0.05) is 95.1 Å². The molecule has 0 aliphatic rings. The molecule has 7 heteroatoms. The van der Waals surface area contributed by atoms with E-state index in [2.05, 4.69) is 17.6 Å². The lowest BCUT2D eigenvalue weighted by Crippen LogP contribution is -2.55. The number of hydrogen-bond acceptors (Lipinski definition) is 4. The summed E-state index contributed by atoms with van der Waals surface area (Å²) in [6.07, 6.45) is 2.48. The van der Waals surface area contributed by atoms with Crippen LogP contribution in [0, 0.1) is 5.92 Å². The number of amides is 3. The quantitative estimate of drug-likeness (QED) is 0.320. The van der Waals surface area contributed by atoms with Gasteiger partial charge in [0.1, 0.15) is 17.7 Å². The number of unbranched alkanes of at least 4 members (excludes halogenated alkanes) is 1. The number of benzene rings is 2. The summed E-state index contributed by atoms with van der Waals surface area (Å²) in [5.41, 5.74) is 2.16. The largest absolute Gasteiger partial charge is 0.444 e. The molecule has 0 saturated carbocycles. The molecule has 2 N–H and O–H groups in total. The SMILES string of the molecule is CCCCN(C(=O)C(NC(=O)OC(C)(C)C)C(C)CC)C(C(=O)NCc1ccccc1)c1ccc(CC)cc1. The van der Waals surface area contributed by atoms with E-state index >= 15 is 0 Å². The summed E-state index contributed by atoms with van der Waals surface area (Å²) in [4.78, 5) is 42.5. The number of carbonyl (C=O) groups excluding carboxylic acids is 3. The van der Waals surface area contributed by atoms with Crippen LogP contribution in [0.15, 0.2) is 54.6 Å². The second-order valence-corrected chi connectivity index (χ2v) is 11.1. The molecule has 0 saturated heterocycles. The molecule has 0 aliphatic heterocycles. The number of hydrogen-bond donors (Lipinski definition) is 2. The Balaban J connectivity index is 2.48. The number of rotatable bonds is 13. The first-order valence-electron chi connectivity index (χ1n) is 14.2. The van der Waals surface area contributed by atoms with E-state index in [4.69, 9.17) is 4.74 Å². The average molecular weight is 538 g/mol. The fraction of sp³-hybridized carbons (Fsp3) is 0.531. The predicted molar refractivity (Wildman–Crippen MR) is 156 cm³/mol. The van der Waals surface area contributed by atoms with Crippen LogP contribution >= 0.6 is 0 Å². The molecular formula is C32H47N3O4. The van der Waals surface area contributed by atoms with Crippen molar-refractivity contribution < 1.29 is 19.1 Å². The van der Waals surface area contributed by atoms with E-state index in [-0.39, 0.29) is 17.7 Å². The van der Waals surface area contributed by atoms with Crippen LogP contribution < -0.4 is 10.6 Å². The predicted octanol–water partition coefficient (Wildman–Crippen LogP) is 6.17. The van der Waals surface area contributed by atoms with Gasteiger partial charge in [0.05, 0.1) is 0 Å². The van der Waals surface area contributed by atoms with Gasteiger partial charge < -0.3 is 20.3 Å². The summed E-state index contributed by atoms with van der Waals surface area (Å²) in [6.45, 7) is 14.1. The Morgan fingerprint density at radius 2 is 1.56 bits per heavy atom. The number of ether oxygens (including phenoxy) is 1. The molecule has 214 valence electrons. The van der Waals surface area contributed by atoms with Gasteiger partial charge in [0.25, 0.3) is 0 Å². The summed E-state index contributed by atoms with van der Waals surface area (Å²) in [5.74, 6) is -0.708. The first kappa shape index (κ1) is 31.9. The highest BCUT2D eigenvalue weighted by Gasteiger charge is 2.37. The topological polar surface area (TPSA) is 87.7 Å². The Labute approximate surface area is 234 Å². The van der Waals surface area contributed by atoms with Gasteiger partial charge in [0.15, 0.2) is 0 Å². The van der Waals surface area contributed by atoms with Crippen LogP contribution in [-0.2, 0) is 27.3 Å². The molecular weight excluding hydrogens is 490 g/mol. The Bertz CT molecular complexity index is 1050. The van der Waals surface area contributed by atoms with Crippen molar-refractivity contribution in [3.8, 4) is 0 Å². The van der Waals surface area contributed by atoms with E-state index < -0.39 is 23.8 Å². The molecule has 0 radical (unpaired) electrons. The van der Waals surface area contributed by atoms with Crippen molar-refractivity contribution >= 4 is 17.9 Å². The smallest absolute Gasteiger partial charge is 0.408 e.